The van der Waals surface area contributed by atoms with E-state index < -0.39 is 0 Å². The van der Waals surface area contributed by atoms with Gasteiger partial charge in [-0.1, -0.05) is 0 Å². The number of alkyl halides is 3. The van der Waals surface area contributed by atoms with Crippen LogP contribution in [0.4, 0.5) is 4.79 Å². The Balaban J connectivity index is 1.55. The smallest absolute Gasteiger partial charge is 0.326 e. The molecule has 0 aromatic rings. The lowest BCUT2D eigenvalue weighted by Gasteiger charge is -2.45. The highest BCUT2D eigenvalue weighted by Crippen LogP contribution is 2.46. The number of nitrogens with zero attached hydrogens (tertiary/aromatic N) is 3. The molecule has 0 aromatic carbocycles. The zero-order valence-corrected chi connectivity index (χ0v) is 26.9. The zero-order chi connectivity index (χ0) is 29.3. The monoisotopic (exact) mass is 632 g/mol. The Morgan fingerprint density at radius 2 is 1.73 bits per heavy atom. The second kappa shape index (κ2) is 13.9. The lowest BCUT2D eigenvalue weighted by molar-refractivity contribution is -0.123. The van der Waals surface area contributed by atoms with Gasteiger partial charge in [-0.25, -0.2) is 4.79 Å². The van der Waals surface area contributed by atoms with Gasteiger partial charge >= 0.3 is 6.03 Å². The third-order valence-corrected chi connectivity index (χ3v) is 11.3. The topological polar surface area (TPSA) is 83.5 Å². The maximum Gasteiger partial charge on any atom is 0.326 e. The summed E-state index contributed by atoms with van der Waals surface area (Å²) in [6, 6.07) is -0.353. The molecular formula is C30H47Cl3N4O4. The van der Waals surface area contributed by atoms with E-state index >= 15 is 0 Å². The van der Waals surface area contributed by atoms with Crippen molar-refractivity contribution in [3.8, 4) is 0 Å². The zero-order valence-electron chi connectivity index (χ0n) is 24.7. The molecular weight excluding hydrogens is 587 g/mol. The minimum Gasteiger partial charge on any atom is -0.381 e. The molecule has 6 unspecified atom stereocenters. The first-order valence-corrected chi connectivity index (χ1v) is 17.0. The summed E-state index contributed by atoms with van der Waals surface area (Å²) in [5.74, 6) is 1.04. The number of ether oxygens (including phenoxy) is 2. The summed E-state index contributed by atoms with van der Waals surface area (Å²) >= 11 is 20.2. The third kappa shape index (κ3) is 7.13. The van der Waals surface area contributed by atoms with Gasteiger partial charge in [0.25, 0.3) is 0 Å². The van der Waals surface area contributed by atoms with E-state index in [0.717, 1.165) is 70.0 Å². The SMILES string of the molecule is COC1CCC(C2=N[C@@H](C3CCC(Cl)CC3Cl)[C@@H](C3CCC(Cl)CC3)N2C(=O)N2CCNC(=O)C2)C(OC(C)C)C1. The Hall–Kier alpha value is -0.800. The molecule has 5 aliphatic rings. The van der Waals surface area contributed by atoms with E-state index in [2.05, 4.69) is 19.2 Å². The van der Waals surface area contributed by atoms with E-state index in [9.17, 15) is 9.59 Å². The Labute approximate surface area is 260 Å². The number of rotatable bonds is 6. The quantitative estimate of drug-likeness (QED) is 0.397. The van der Waals surface area contributed by atoms with E-state index in [-0.39, 0.29) is 82.8 Å². The van der Waals surface area contributed by atoms with Gasteiger partial charge in [0.15, 0.2) is 0 Å². The molecule has 5 rings (SSSR count). The molecule has 2 heterocycles. The number of urea groups is 1. The lowest BCUT2D eigenvalue weighted by Crippen LogP contribution is -2.60. The summed E-state index contributed by atoms with van der Waals surface area (Å²) in [7, 11) is 1.76. The van der Waals surface area contributed by atoms with Crippen molar-refractivity contribution in [2.45, 2.75) is 125 Å². The van der Waals surface area contributed by atoms with Crippen molar-refractivity contribution in [1.82, 2.24) is 15.1 Å². The first-order valence-electron chi connectivity index (χ1n) is 15.7. The Bertz CT molecular complexity index is 962. The lowest BCUT2D eigenvalue weighted by atomic mass is 9.74. The predicted octanol–water partition coefficient (Wildman–Crippen LogP) is 5.41. The molecule has 1 N–H and O–H groups in total. The van der Waals surface area contributed by atoms with Gasteiger partial charge in [-0.15, -0.1) is 34.8 Å². The molecule has 3 amide bonds. The summed E-state index contributed by atoms with van der Waals surface area (Å²) in [4.78, 5) is 36.2. The number of carbonyl (C=O) groups excluding carboxylic acids is 2. The number of nitrogens with one attached hydrogen (secondary N) is 1. The molecule has 232 valence electrons. The van der Waals surface area contributed by atoms with Crippen LogP contribution in [0, 0.1) is 17.8 Å². The van der Waals surface area contributed by atoms with Crippen LogP contribution >= 0.6 is 34.8 Å². The van der Waals surface area contributed by atoms with Crippen molar-refractivity contribution in [3.63, 3.8) is 0 Å². The molecule has 0 radical (unpaired) electrons. The van der Waals surface area contributed by atoms with Gasteiger partial charge in [0.05, 0.1) is 30.4 Å². The van der Waals surface area contributed by atoms with E-state index in [1.165, 1.54) is 0 Å². The van der Waals surface area contributed by atoms with Crippen LogP contribution in [0.3, 0.4) is 0 Å². The molecule has 3 aliphatic carbocycles. The summed E-state index contributed by atoms with van der Waals surface area (Å²) in [6.45, 7) is 5.11. The number of hydrogen-bond donors (Lipinski definition) is 1. The second-order valence-electron chi connectivity index (χ2n) is 13.0. The Morgan fingerprint density at radius 3 is 2.39 bits per heavy atom. The molecule has 0 bridgehead atoms. The molecule has 8 nitrogen and oxygen atoms in total. The second-order valence-corrected chi connectivity index (χ2v) is 14.8. The van der Waals surface area contributed by atoms with E-state index in [1.54, 1.807) is 12.0 Å². The maximum atomic E-state index is 14.6. The third-order valence-electron chi connectivity index (χ3n) is 9.93. The number of amides is 3. The van der Waals surface area contributed by atoms with Crippen molar-refractivity contribution in [2.75, 3.05) is 26.7 Å². The molecule has 1 saturated heterocycles. The van der Waals surface area contributed by atoms with Crippen LogP contribution in [0.2, 0.25) is 0 Å². The highest BCUT2D eigenvalue weighted by atomic mass is 35.5. The summed E-state index contributed by atoms with van der Waals surface area (Å²) in [5, 5.41) is 3.00. The molecule has 3 saturated carbocycles. The average molecular weight is 634 g/mol. The van der Waals surface area contributed by atoms with Gasteiger partial charge in [-0.05, 0) is 83.5 Å². The van der Waals surface area contributed by atoms with Crippen molar-refractivity contribution in [1.29, 1.82) is 0 Å². The Kier molecular flexibility index (Phi) is 10.7. The van der Waals surface area contributed by atoms with Crippen LogP contribution in [0.25, 0.3) is 0 Å². The van der Waals surface area contributed by atoms with E-state index in [4.69, 9.17) is 49.3 Å². The summed E-state index contributed by atoms with van der Waals surface area (Å²) < 4.78 is 12.3. The molecule has 2 aliphatic heterocycles. The number of amidine groups is 1. The van der Waals surface area contributed by atoms with Gasteiger partial charge < -0.3 is 19.7 Å². The van der Waals surface area contributed by atoms with Gasteiger partial charge in [-0.2, -0.15) is 0 Å². The van der Waals surface area contributed by atoms with Crippen molar-refractivity contribution < 1.29 is 19.1 Å². The van der Waals surface area contributed by atoms with Gasteiger partial charge in [-0.3, -0.25) is 14.7 Å². The van der Waals surface area contributed by atoms with Crippen LogP contribution in [0.15, 0.2) is 4.99 Å². The molecule has 0 spiro atoms. The first kappa shape index (κ1) is 31.6. The average Bonchev–Trinajstić information content (AvgIpc) is 3.32. The van der Waals surface area contributed by atoms with Crippen LogP contribution in [-0.2, 0) is 14.3 Å². The van der Waals surface area contributed by atoms with Crippen LogP contribution in [0.1, 0.15) is 78.1 Å². The van der Waals surface area contributed by atoms with Crippen LogP contribution in [0.5, 0.6) is 0 Å². The Morgan fingerprint density at radius 1 is 1.00 bits per heavy atom. The van der Waals surface area contributed by atoms with Crippen LogP contribution in [-0.4, -0.2) is 101 Å². The molecule has 0 aromatic heterocycles. The minimum absolute atomic E-state index is 0.0341. The number of methoxy groups -OCH3 is 1. The largest absolute Gasteiger partial charge is 0.381 e. The normalized spacial score (nSPS) is 40.5. The van der Waals surface area contributed by atoms with Crippen molar-refractivity contribution >= 4 is 52.6 Å². The van der Waals surface area contributed by atoms with Gasteiger partial charge in [0.2, 0.25) is 5.91 Å². The fourth-order valence-corrected chi connectivity index (χ4v) is 9.04. The molecule has 11 heteroatoms. The first-order chi connectivity index (χ1) is 19.7. The van der Waals surface area contributed by atoms with Crippen molar-refractivity contribution in [3.05, 3.63) is 0 Å². The highest BCUT2D eigenvalue weighted by molar-refractivity contribution is 6.24. The number of hydrogen-bond acceptors (Lipinski definition) is 5. The van der Waals surface area contributed by atoms with Gasteiger partial charge in [0.1, 0.15) is 12.4 Å². The number of aliphatic imine (C=N–C) groups is 1. The highest BCUT2D eigenvalue weighted by Gasteiger charge is 2.53. The maximum absolute atomic E-state index is 14.6. The van der Waals surface area contributed by atoms with E-state index in [1.807, 2.05) is 4.90 Å². The minimum atomic E-state index is -0.124. The number of carbonyl (C=O) groups is 2. The number of piperazine rings is 1. The molecule has 8 atom stereocenters. The van der Waals surface area contributed by atoms with Crippen LogP contribution < -0.4 is 5.32 Å². The predicted molar refractivity (Wildman–Crippen MR) is 163 cm³/mol. The summed E-state index contributed by atoms with van der Waals surface area (Å²) in [6.07, 6.45) is 8.78. The standard InChI is InChI=1S/C30H47Cl3N4O4/c1-17(2)41-25-15-21(40-3)9-11-23(25)29-35-27(22-10-8-20(32)14-24(22)33)28(18-4-6-19(31)7-5-18)37(29)30(39)36-13-12-34-26(38)16-36/h17-25,27-28H,4-16H2,1-3H3,(H,34,38)/t18?,19?,20?,21?,22?,23?,24?,25?,27-,28+/m0/s1. The van der Waals surface area contributed by atoms with Crippen molar-refractivity contribution in [2.24, 2.45) is 22.7 Å². The summed E-state index contributed by atoms with van der Waals surface area (Å²) in [5.41, 5.74) is 0. The molecule has 4 fully saturated rings. The van der Waals surface area contributed by atoms with E-state index in [0.29, 0.717) is 13.1 Å². The van der Waals surface area contributed by atoms with Gasteiger partial charge in [0, 0.05) is 48.7 Å². The molecule has 41 heavy (non-hydrogen) atoms. The fourth-order valence-electron chi connectivity index (χ4n) is 7.89. The fraction of sp³-hybridized carbons (Fsp3) is 0.900. The number of halogens is 3.